The summed E-state index contributed by atoms with van der Waals surface area (Å²) in [6, 6.07) is 5.38. The molecule has 0 fully saturated rings. The lowest BCUT2D eigenvalue weighted by Gasteiger charge is -2.03. The lowest BCUT2D eigenvalue weighted by Crippen LogP contribution is -2.10. The zero-order chi connectivity index (χ0) is 10.7. The van der Waals surface area contributed by atoms with Crippen molar-refractivity contribution in [3.63, 3.8) is 0 Å². The molecule has 0 atom stereocenters. The van der Waals surface area contributed by atoms with Crippen LogP contribution in [-0.4, -0.2) is 28.2 Å². The number of aromatic nitrogens is 2. The molecule has 78 valence electrons. The van der Waals surface area contributed by atoms with Crippen molar-refractivity contribution in [3.05, 3.63) is 34.7 Å². The van der Waals surface area contributed by atoms with Crippen LogP contribution >= 0.6 is 0 Å². The van der Waals surface area contributed by atoms with E-state index >= 15 is 0 Å². The van der Waals surface area contributed by atoms with E-state index in [1.165, 1.54) is 0 Å². The number of anilines is 1. The fourth-order valence-electron chi connectivity index (χ4n) is 1.34. The third-order valence-corrected chi connectivity index (χ3v) is 2.04. The average molecular weight is 205 g/mol. The van der Waals surface area contributed by atoms with Gasteiger partial charge in [0.1, 0.15) is 11.3 Å². The third kappa shape index (κ3) is 1.97. The molecule has 0 amide bonds. The first-order valence-corrected chi connectivity index (χ1v) is 4.64. The van der Waals surface area contributed by atoms with Crippen molar-refractivity contribution in [2.24, 2.45) is 0 Å². The van der Waals surface area contributed by atoms with E-state index in [4.69, 9.17) is 5.11 Å². The van der Waals surface area contributed by atoms with Crippen LogP contribution in [0.5, 0.6) is 0 Å². The van der Waals surface area contributed by atoms with Gasteiger partial charge in [0.25, 0.3) is 5.56 Å². The summed E-state index contributed by atoms with van der Waals surface area (Å²) < 4.78 is 0. The molecule has 0 saturated heterocycles. The predicted octanol–water partition coefficient (Wildman–Crippen LogP) is 0.327. The first-order chi connectivity index (χ1) is 7.31. The van der Waals surface area contributed by atoms with Crippen molar-refractivity contribution in [2.75, 3.05) is 18.5 Å². The Morgan fingerprint density at radius 1 is 1.40 bits per heavy atom. The maximum absolute atomic E-state index is 11.4. The van der Waals surface area contributed by atoms with E-state index in [0.717, 1.165) is 5.39 Å². The van der Waals surface area contributed by atoms with Gasteiger partial charge in [0.15, 0.2) is 0 Å². The largest absolute Gasteiger partial charge is 0.395 e. The summed E-state index contributed by atoms with van der Waals surface area (Å²) in [7, 11) is 0. The SMILES string of the molecule is O=c1[nH]ccc2ccc(NCCO)nc12. The minimum atomic E-state index is -0.208. The number of aliphatic hydroxyl groups is 1. The fourth-order valence-corrected chi connectivity index (χ4v) is 1.34. The summed E-state index contributed by atoms with van der Waals surface area (Å²) in [5, 5.41) is 12.3. The normalized spacial score (nSPS) is 10.5. The molecule has 0 spiro atoms. The van der Waals surface area contributed by atoms with Crippen molar-refractivity contribution >= 4 is 16.7 Å². The summed E-state index contributed by atoms with van der Waals surface area (Å²) >= 11 is 0. The van der Waals surface area contributed by atoms with Crippen molar-refractivity contribution in [3.8, 4) is 0 Å². The van der Waals surface area contributed by atoms with E-state index in [-0.39, 0.29) is 12.2 Å². The van der Waals surface area contributed by atoms with E-state index in [2.05, 4.69) is 15.3 Å². The Labute approximate surface area is 85.8 Å². The Hall–Kier alpha value is -1.88. The van der Waals surface area contributed by atoms with E-state index in [1.54, 1.807) is 18.3 Å². The highest BCUT2D eigenvalue weighted by Gasteiger charge is 2.00. The maximum Gasteiger partial charge on any atom is 0.274 e. The number of nitrogens with one attached hydrogen (secondary N) is 2. The highest BCUT2D eigenvalue weighted by molar-refractivity contribution is 5.78. The van der Waals surface area contributed by atoms with Crippen molar-refractivity contribution in [1.82, 2.24) is 9.97 Å². The van der Waals surface area contributed by atoms with Gasteiger partial charge in [-0.25, -0.2) is 4.98 Å². The van der Waals surface area contributed by atoms with Crippen LogP contribution in [-0.2, 0) is 0 Å². The van der Waals surface area contributed by atoms with Crippen LogP contribution in [0.25, 0.3) is 10.9 Å². The number of hydrogen-bond donors (Lipinski definition) is 3. The van der Waals surface area contributed by atoms with Crippen LogP contribution < -0.4 is 10.9 Å². The molecule has 0 aliphatic heterocycles. The highest BCUT2D eigenvalue weighted by atomic mass is 16.3. The molecular weight excluding hydrogens is 194 g/mol. The fraction of sp³-hybridized carbons (Fsp3) is 0.200. The minimum Gasteiger partial charge on any atom is -0.395 e. The molecular formula is C10H11N3O2. The standard InChI is InChI=1S/C10H11N3O2/c14-6-5-11-8-2-1-7-3-4-12-10(15)9(7)13-8/h1-4,14H,5-6H2,(H,11,13)(H,12,15). The second kappa shape index (κ2) is 4.10. The number of nitrogens with zero attached hydrogens (tertiary/aromatic N) is 1. The molecule has 15 heavy (non-hydrogen) atoms. The molecule has 3 N–H and O–H groups in total. The summed E-state index contributed by atoms with van der Waals surface area (Å²) in [5.41, 5.74) is 0.195. The third-order valence-electron chi connectivity index (χ3n) is 2.04. The first kappa shape index (κ1) is 9.67. The van der Waals surface area contributed by atoms with Gasteiger partial charge in [-0.05, 0) is 18.2 Å². The van der Waals surface area contributed by atoms with Crippen LogP contribution in [0.1, 0.15) is 0 Å². The Morgan fingerprint density at radius 3 is 3.07 bits per heavy atom. The molecule has 0 aliphatic carbocycles. The zero-order valence-electron chi connectivity index (χ0n) is 8.03. The van der Waals surface area contributed by atoms with Gasteiger partial charge in [0.2, 0.25) is 0 Å². The van der Waals surface area contributed by atoms with Gasteiger partial charge < -0.3 is 15.4 Å². The number of hydrogen-bond acceptors (Lipinski definition) is 4. The topological polar surface area (TPSA) is 78.0 Å². The number of pyridine rings is 2. The number of fused-ring (bicyclic) bond motifs is 1. The molecule has 0 radical (unpaired) electrons. The molecule has 2 rings (SSSR count). The van der Waals surface area contributed by atoms with Crippen LogP contribution in [0, 0.1) is 0 Å². The van der Waals surface area contributed by atoms with Gasteiger partial charge in [-0.3, -0.25) is 4.79 Å². The predicted molar refractivity (Wildman–Crippen MR) is 57.9 cm³/mol. The highest BCUT2D eigenvalue weighted by Crippen LogP contribution is 2.10. The lowest BCUT2D eigenvalue weighted by molar-refractivity contribution is 0.311. The van der Waals surface area contributed by atoms with E-state index in [0.29, 0.717) is 17.9 Å². The van der Waals surface area contributed by atoms with Gasteiger partial charge in [0, 0.05) is 18.1 Å². The molecule has 0 bridgehead atoms. The van der Waals surface area contributed by atoms with Crippen LogP contribution in [0.15, 0.2) is 29.2 Å². The van der Waals surface area contributed by atoms with Crippen LogP contribution in [0.3, 0.4) is 0 Å². The van der Waals surface area contributed by atoms with Gasteiger partial charge in [-0.15, -0.1) is 0 Å². The molecule has 2 aromatic rings. The monoisotopic (exact) mass is 205 g/mol. The van der Waals surface area contributed by atoms with Crippen molar-refractivity contribution < 1.29 is 5.11 Å². The number of H-pyrrole nitrogens is 1. The number of aromatic amines is 1. The Bertz CT molecular complexity index is 521. The Kier molecular flexibility index (Phi) is 2.64. The van der Waals surface area contributed by atoms with E-state index in [1.807, 2.05) is 6.07 Å². The molecule has 2 heterocycles. The number of rotatable bonds is 3. The van der Waals surface area contributed by atoms with Crippen molar-refractivity contribution in [1.29, 1.82) is 0 Å². The quantitative estimate of drug-likeness (QED) is 0.674. The summed E-state index contributed by atoms with van der Waals surface area (Å²) in [5.74, 6) is 0.591. The average Bonchev–Trinajstić information content (AvgIpc) is 2.27. The lowest BCUT2D eigenvalue weighted by atomic mass is 10.2. The van der Waals surface area contributed by atoms with Gasteiger partial charge >= 0.3 is 0 Å². The summed E-state index contributed by atoms with van der Waals surface area (Å²) in [6.07, 6.45) is 1.59. The van der Waals surface area contributed by atoms with Gasteiger partial charge in [0.05, 0.1) is 6.61 Å². The second-order valence-corrected chi connectivity index (χ2v) is 3.09. The molecule has 0 unspecified atom stereocenters. The molecule has 0 saturated carbocycles. The smallest absolute Gasteiger partial charge is 0.274 e. The molecule has 5 heteroatoms. The number of aliphatic hydroxyl groups excluding tert-OH is 1. The minimum absolute atomic E-state index is 0.0326. The Balaban J connectivity index is 2.45. The first-order valence-electron chi connectivity index (χ1n) is 4.64. The maximum atomic E-state index is 11.4. The Morgan fingerprint density at radius 2 is 2.27 bits per heavy atom. The molecule has 0 aromatic carbocycles. The summed E-state index contributed by atoms with van der Waals surface area (Å²) in [4.78, 5) is 18.1. The van der Waals surface area contributed by atoms with Crippen LogP contribution in [0.2, 0.25) is 0 Å². The molecule has 2 aromatic heterocycles. The molecule has 0 aliphatic rings. The van der Waals surface area contributed by atoms with Crippen LogP contribution in [0.4, 0.5) is 5.82 Å². The second-order valence-electron chi connectivity index (χ2n) is 3.09. The van der Waals surface area contributed by atoms with Crippen molar-refractivity contribution in [2.45, 2.75) is 0 Å². The van der Waals surface area contributed by atoms with Gasteiger partial charge in [-0.1, -0.05) is 0 Å². The van der Waals surface area contributed by atoms with E-state index in [9.17, 15) is 4.79 Å². The zero-order valence-corrected chi connectivity index (χ0v) is 8.03. The summed E-state index contributed by atoms with van der Waals surface area (Å²) in [6.45, 7) is 0.452. The van der Waals surface area contributed by atoms with E-state index < -0.39 is 0 Å². The van der Waals surface area contributed by atoms with Gasteiger partial charge in [-0.2, -0.15) is 0 Å². The molecule has 5 nitrogen and oxygen atoms in total.